The van der Waals surface area contributed by atoms with Crippen molar-refractivity contribution < 1.29 is 4.79 Å². The monoisotopic (exact) mass is 281 g/mol. The number of anilines is 1. The molecule has 0 spiro atoms. The molecule has 0 unspecified atom stereocenters. The standard InChI is InChI=1S/C14H23N3OS/c1-10-11(15)8-12(19-10)13(18)16-9-14(17(2)3)6-4-5-7-14/h8H,4-7,9,15H2,1-3H3,(H,16,18). The third-order valence-corrected chi connectivity index (χ3v) is 5.31. The van der Waals surface area contributed by atoms with E-state index in [1.807, 2.05) is 6.92 Å². The van der Waals surface area contributed by atoms with Gasteiger partial charge in [-0.25, -0.2) is 0 Å². The van der Waals surface area contributed by atoms with E-state index in [1.54, 1.807) is 6.07 Å². The Balaban J connectivity index is 1.99. The summed E-state index contributed by atoms with van der Waals surface area (Å²) in [5, 5.41) is 3.08. The molecule has 3 N–H and O–H groups in total. The number of nitrogens with two attached hydrogens (primary N) is 1. The van der Waals surface area contributed by atoms with Crippen molar-refractivity contribution in [3.63, 3.8) is 0 Å². The molecule has 0 aromatic carbocycles. The minimum atomic E-state index is -0.00192. The summed E-state index contributed by atoms with van der Waals surface area (Å²) in [5.74, 6) is -0.00192. The number of thiophene rings is 1. The van der Waals surface area contributed by atoms with Crippen molar-refractivity contribution in [1.82, 2.24) is 10.2 Å². The molecule has 1 aromatic rings. The van der Waals surface area contributed by atoms with E-state index in [0.717, 1.165) is 24.3 Å². The lowest BCUT2D eigenvalue weighted by Gasteiger charge is -2.36. The molecule has 106 valence electrons. The van der Waals surface area contributed by atoms with Gasteiger partial charge in [0.05, 0.1) is 4.88 Å². The van der Waals surface area contributed by atoms with Crippen LogP contribution in [0.4, 0.5) is 5.69 Å². The Labute approximate surface area is 119 Å². The van der Waals surface area contributed by atoms with Crippen LogP contribution in [-0.4, -0.2) is 37.0 Å². The molecule has 0 radical (unpaired) electrons. The van der Waals surface area contributed by atoms with Gasteiger partial charge in [0.2, 0.25) is 0 Å². The van der Waals surface area contributed by atoms with Crippen LogP contribution < -0.4 is 11.1 Å². The Morgan fingerprint density at radius 1 is 1.47 bits per heavy atom. The molecule has 1 amide bonds. The number of hydrogen-bond donors (Lipinski definition) is 2. The van der Waals surface area contributed by atoms with Crippen molar-refractivity contribution in [2.75, 3.05) is 26.4 Å². The number of nitrogen functional groups attached to an aromatic ring is 1. The number of amides is 1. The van der Waals surface area contributed by atoms with Crippen LogP contribution in [0.25, 0.3) is 0 Å². The highest BCUT2D eigenvalue weighted by Gasteiger charge is 2.36. The van der Waals surface area contributed by atoms with Gasteiger partial charge >= 0.3 is 0 Å². The molecule has 0 bridgehead atoms. The topological polar surface area (TPSA) is 58.4 Å². The first-order valence-electron chi connectivity index (χ1n) is 6.76. The number of carbonyl (C=O) groups is 1. The zero-order valence-corrected chi connectivity index (χ0v) is 12.8. The van der Waals surface area contributed by atoms with Crippen molar-refractivity contribution >= 4 is 22.9 Å². The highest BCUT2D eigenvalue weighted by Crippen LogP contribution is 2.33. The van der Waals surface area contributed by atoms with Crippen LogP contribution in [0.15, 0.2) is 6.07 Å². The molecule has 0 aliphatic heterocycles. The van der Waals surface area contributed by atoms with Gasteiger partial charge in [0.15, 0.2) is 0 Å². The fourth-order valence-corrected chi connectivity index (χ4v) is 3.61. The van der Waals surface area contributed by atoms with Crippen LogP contribution in [0, 0.1) is 6.92 Å². The van der Waals surface area contributed by atoms with Gasteiger partial charge < -0.3 is 16.0 Å². The Hall–Kier alpha value is -1.07. The van der Waals surface area contributed by atoms with Crippen molar-refractivity contribution in [3.05, 3.63) is 15.8 Å². The highest BCUT2D eigenvalue weighted by molar-refractivity contribution is 7.14. The van der Waals surface area contributed by atoms with Gasteiger partial charge in [0.1, 0.15) is 0 Å². The molecule has 1 saturated carbocycles. The van der Waals surface area contributed by atoms with E-state index in [2.05, 4.69) is 24.3 Å². The maximum Gasteiger partial charge on any atom is 0.261 e. The SMILES string of the molecule is Cc1sc(C(=O)NCC2(N(C)C)CCCC2)cc1N. The van der Waals surface area contributed by atoms with E-state index in [0.29, 0.717) is 10.6 Å². The maximum atomic E-state index is 12.2. The average Bonchev–Trinajstić information content (AvgIpc) is 2.95. The summed E-state index contributed by atoms with van der Waals surface area (Å²) in [4.78, 5) is 16.1. The lowest BCUT2D eigenvalue weighted by Crippen LogP contribution is -2.50. The summed E-state index contributed by atoms with van der Waals surface area (Å²) in [7, 11) is 4.20. The number of carbonyl (C=O) groups excluding carboxylic acids is 1. The summed E-state index contributed by atoms with van der Waals surface area (Å²) in [6, 6.07) is 1.77. The van der Waals surface area contributed by atoms with Crippen LogP contribution >= 0.6 is 11.3 Å². The number of nitrogens with one attached hydrogen (secondary N) is 1. The Morgan fingerprint density at radius 2 is 2.11 bits per heavy atom. The smallest absolute Gasteiger partial charge is 0.261 e. The molecular formula is C14H23N3OS. The third kappa shape index (κ3) is 2.92. The van der Waals surface area contributed by atoms with E-state index in [1.165, 1.54) is 24.2 Å². The summed E-state index contributed by atoms with van der Waals surface area (Å²) in [5.41, 5.74) is 6.63. The zero-order chi connectivity index (χ0) is 14.0. The fourth-order valence-electron chi connectivity index (χ4n) is 2.76. The van der Waals surface area contributed by atoms with Gasteiger partial charge in [-0.15, -0.1) is 11.3 Å². The van der Waals surface area contributed by atoms with Gasteiger partial charge in [-0.05, 0) is 39.9 Å². The molecular weight excluding hydrogens is 258 g/mol. The second-order valence-corrected chi connectivity index (χ2v) is 6.89. The first-order valence-corrected chi connectivity index (χ1v) is 7.58. The normalized spacial score (nSPS) is 17.9. The summed E-state index contributed by atoms with van der Waals surface area (Å²) < 4.78 is 0. The molecule has 2 rings (SSSR count). The molecule has 1 aromatic heterocycles. The number of rotatable bonds is 4. The van der Waals surface area contributed by atoms with E-state index >= 15 is 0 Å². The zero-order valence-electron chi connectivity index (χ0n) is 12.0. The Kier molecular flexibility index (Phi) is 4.16. The fraction of sp³-hybridized carbons (Fsp3) is 0.643. The molecule has 4 nitrogen and oxygen atoms in total. The number of nitrogens with zero attached hydrogens (tertiary/aromatic N) is 1. The Bertz CT molecular complexity index is 442. The van der Waals surface area contributed by atoms with Gasteiger partial charge in [0, 0.05) is 22.6 Å². The van der Waals surface area contributed by atoms with Crippen molar-refractivity contribution in [2.45, 2.75) is 38.1 Å². The lowest BCUT2D eigenvalue weighted by molar-refractivity contribution is 0.0904. The second kappa shape index (κ2) is 5.51. The first-order chi connectivity index (χ1) is 8.94. The molecule has 1 aliphatic carbocycles. The van der Waals surface area contributed by atoms with E-state index < -0.39 is 0 Å². The van der Waals surface area contributed by atoms with Crippen molar-refractivity contribution in [2.24, 2.45) is 0 Å². The quantitative estimate of drug-likeness (QED) is 0.890. The summed E-state index contributed by atoms with van der Waals surface area (Å²) >= 11 is 1.46. The number of likely N-dealkylation sites (N-methyl/N-ethyl adjacent to an activating group) is 1. The van der Waals surface area contributed by atoms with Gasteiger partial charge in [-0.1, -0.05) is 12.8 Å². The third-order valence-electron chi connectivity index (χ3n) is 4.24. The predicted octanol–water partition coefficient (Wildman–Crippen LogP) is 2.24. The summed E-state index contributed by atoms with van der Waals surface area (Å²) in [6.45, 7) is 2.66. The number of aryl methyl sites for hydroxylation is 1. The maximum absolute atomic E-state index is 12.2. The minimum Gasteiger partial charge on any atom is -0.398 e. The van der Waals surface area contributed by atoms with Gasteiger partial charge in [-0.2, -0.15) is 0 Å². The van der Waals surface area contributed by atoms with E-state index in [9.17, 15) is 4.79 Å². The van der Waals surface area contributed by atoms with Gasteiger partial charge in [-0.3, -0.25) is 4.79 Å². The van der Waals surface area contributed by atoms with Crippen molar-refractivity contribution in [1.29, 1.82) is 0 Å². The predicted molar refractivity (Wildman–Crippen MR) is 80.7 cm³/mol. The van der Waals surface area contributed by atoms with E-state index in [4.69, 9.17) is 5.73 Å². The van der Waals surface area contributed by atoms with E-state index in [-0.39, 0.29) is 11.4 Å². The summed E-state index contributed by atoms with van der Waals surface area (Å²) in [6.07, 6.45) is 4.82. The molecule has 1 heterocycles. The van der Waals surface area contributed by atoms with Crippen LogP contribution in [0.2, 0.25) is 0 Å². The molecule has 0 saturated heterocycles. The molecule has 0 atom stereocenters. The highest BCUT2D eigenvalue weighted by atomic mass is 32.1. The van der Waals surface area contributed by atoms with Crippen LogP contribution in [0.3, 0.4) is 0 Å². The first kappa shape index (κ1) is 14.3. The van der Waals surface area contributed by atoms with Crippen LogP contribution in [0.1, 0.15) is 40.2 Å². The minimum absolute atomic E-state index is 0.00192. The van der Waals surface area contributed by atoms with Crippen LogP contribution in [0.5, 0.6) is 0 Å². The lowest BCUT2D eigenvalue weighted by atomic mass is 9.96. The number of hydrogen-bond acceptors (Lipinski definition) is 4. The molecule has 5 heteroatoms. The second-order valence-electron chi connectivity index (χ2n) is 5.63. The van der Waals surface area contributed by atoms with Gasteiger partial charge in [0.25, 0.3) is 5.91 Å². The largest absolute Gasteiger partial charge is 0.398 e. The van der Waals surface area contributed by atoms with Crippen LogP contribution in [-0.2, 0) is 0 Å². The molecule has 1 fully saturated rings. The molecule has 19 heavy (non-hydrogen) atoms. The average molecular weight is 281 g/mol. The van der Waals surface area contributed by atoms with Crippen molar-refractivity contribution in [3.8, 4) is 0 Å². The molecule has 1 aliphatic rings. The Morgan fingerprint density at radius 3 is 2.58 bits per heavy atom.